The van der Waals surface area contributed by atoms with Crippen molar-refractivity contribution in [2.75, 3.05) is 6.54 Å². The lowest BCUT2D eigenvalue weighted by molar-refractivity contribution is -0.121. The molecule has 1 aromatic carbocycles. The summed E-state index contributed by atoms with van der Waals surface area (Å²) >= 11 is 0. The van der Waals surface area contributed by atoms with Gasteiger partial charge in [-0.1, -0.05) is 36.8 Å². The van der Waals surface area contributed by atoms with Crippen molar-refractivity contribution in [1.82, 2.24) is 10.6 Å². The summed E-state index contributed by atoms with van der Waals surface area (Å²) in [5.41, 5.74) is 1.22. The van der Waals surface area contributed by atoms with Crippen LogP contribution in [0.4, 0.5) is 0 Å². The average Bonchev–Trinajstić information content (AvgIpc) is 2.44. The minimum atomic E-state index is 0.156. The molecule has 104 valence electrons. The van der Waals surface area contributed by atoms with Crippen LogP contribution in [0.15, 0.2) is 30.3 Å². The highest BCUT2D eigenvalue weighted by Crippen LogP contribution is 2.11. The highest BCUT2D eigenvalue weighted by Gasteiger charge is 2.17. The van der Waals surface area contributed by atoms with Crippen LogP contribution in [0.5, 0.6) is 0 Å². The first kappa shape index (κ1) is 14.1. The van der Waals surface area contributed by atoms with Crippen LogP contribution in [0.1, 0.15) is 38.2 Å². The van der Waals surface area contributed by atoms with E-state index in [2.05, 4.69) is 29.7 Å². The SMILES string of the molecule is CC1CCCC(CNC(=O)CCc2ccccc2)N1. The monoisotopic (exact) mass is 260 g/mol. The highest BCUT2D eigenvalue weighted by atomic mass is 16.1. The van der Waals surface area contributed by atoms with E-state index in [1.807, 2.05) is 18.2 Å². The van der Waals surface area contributed by atoms with Gasteiger partial charge >= 0.3 is 0 Å². The molecule has 3 heteroatoms. The number of rotatable bonds is 5. The molecule has 2 N–H and O–H groups in total. The molecule has 0 bridgehead atoms. The van der Waals surface area contributed by atoms with E-state index in [1.165, 1.54) is 24.8 Å². The molecular weight excluding hydrogens is 236 g/mol. The molecule has 0 aliphatic carbocycles. The molecule has 1 fully saturated rings. The second-order valence-electron chi connectivity index (χ2n) is 5.49. The van der Waals surface area contributed by atoms with Crippen molar-refractivity contribution in [2.24, 2.45) is 0 Å². The zero-order chi connectivity index (χ0) is 13.5. The van der Waals surface area contributed by atoms with Crippen LogP contribution >= 0.6 is 0 Å². The van der Waals surface area contributed by atoms with Crippen molar-refractivity contribution >= 4 is 5.91 Å². The summed E-state index contributed by atoms with van der Waals surface area (Å²) in [6.07, 6.45) is 5.08. The van der Waals surface area contributed by atoms with E-state index in [-0.39, 0.29) is 5.91 Å². The van der Waals surface area contributed by atoms with Crippen LogP contribution in [0.25, 0.3) is 0 Å². The van der Waals surface area contributed by atoms with Crippen molar-refractivity contribution in [3.05, 3.63) is 35.9 Å². The first-order chi connectivity index (χ1) is 9.24. The summed E-state index contributed by atoms with van der Waals surface area (Å²) in [5, 5.41) is 6.57. The van der Waals surface area contributed by atoms with Crippen LogP contribution in [0.3, 0.4) is 0 Å². The molecule has 2 rings (SSSR count). The second-order valence-corrected chi connectivity index (χ2v) is 5.49. The zero-order valence-corrected chi connectivity index (χ0v) is 11.7. The van der Waals surface area contributed by atoms with E-state index in [4.69, 9.17) is 0 Å². The Morgan fingerprint density at radius 2 is 2.11 bits per heavy atom. The molecule has 1 aromatic rings. The minimum absolute atomic E-state index is 0.156. The number of hydrogen-bond acceptors (Lipinski definition) is 2. The first-order valence-corrected chi connectivity index (χ1v) is 7.30. The Morgan fingerprint density at radius 1 is 1.32 bits per heavy atom. The minimum Gasteiger partial charge on any atom is -0.355 e. The molecule has 1 saturated heterocycles. The second kappa shape index (κ2) is 7.29. The Balaban J connectivity index is 1.64. The fraction of sp³-hybridized carbons (Fsp3) is 0.562. The third-order valence-electron chi connectivity index (χ3n) is 3.74. The molecule has 19 heavy (non-hydrogen) atoms. The molecule has 2 atom stereocenters. The maximum Gasteiger partial charge on any atom is 0.220 e. The van der Waals surface area contributed by atoms with Crippen molar-refractivity contribution in [1.29, 1.82) is 0 Å². The quantitative estimate of drug-likeness (QED) is 0.852. The predicted octanol–water partition coefficient (Wildman–Crippen LogP) is 2.27. The van der Waals surface area contributed by atoms with Crippen molar-refractivity contribution in [2.45, 2.75) is 51.1 Å². The Hall–Kier alpha value is -1.35. The van der Waals surface area contributed by atoms with Gasteiger partial charge in [0.15, 0.2) is 0 Å². The van der Waals surface area contributed by atoms with Crippen molar-refractivity contribution in [3.8, 4) is 0 Å². The number of benzene rings is 1. The number of hydrogen-bond donors (Lipinski definition) is 2. The molecule has 0 spiro atoms. The summed E-state index contributed by atoms with van der Waals surface area (Å²) in [6.45, 7) is 2.97. The van der Waals surface area contributed by atoms with Crippen LogP contribution in [-0.2, 0) is 11.2 Å². The predicted molar refractivity (Wildman–Crippen MR) is 78.0 cm³/mol. The van der Waals surface area contributed by atoms with Crippen molar-refractivity contribution < 1.29 is 4.79 Å². The summed E-state index contributed by atoms with van der Waals surface area (Å²) in [5.74, 6) is 0.156. The van der Waals surface area contributed by atoms with Gasteiger partial charge in [-0.25, -0.2) is 0 Å². The van der Waals surface area contributed by atoms with Gasteiger partial charge < -0.3 is 10.6 Å². The lowest BCUT2D eigenvalue weighted by Crippen LogP contribution is -2.47. The third kappa shape index (κ3) is 5.03. The van der Waals surface area contributed by atoms with E-state index in [0.717, 1.165) is 13.0 Å². The molecular formula is C16H24N2O. The molecule has 1 aliphatic heterocycles. The standard InChI is InChI=1S/C16H24N2O/c1-13-6-5-9-15(18-13)12-17-16(19)11-10-14-7-3-2-4-8-14/h2-4,7-8,13,15,18H,5-6,9-12H2,1H3,(H,17,19). The van der Waals surface area contributed by atoms with E-state index in [1.54, 1.807) is 0 Å². The largest absolute Gasteiger partial charge is 0.355 e. The smallest absolute Gasteiger partial charge is 0.220 e. The van der Waals surface area contributed by atoms with Crippen LogP contribution in [0, 0.1) is 0 Å². The van der Waals surface area contributed by atoms with Crippen LogP contribution in [-0.4, -0.2) is 24.5 Å². The zero-order valence-electron chi connectivity index (χ0n) is 11.7. The molecule has 3 nitrogen and oxygen atoms in total. The van der Waals surface area contributed by atoms with Gasteiger partial charge in [0.25, 0.3) is 0 Å². The molecule has 1 amide bonds. The van der Waals surface area contributed by atoms with Gasteiger partial charge in [0, 0.05) is 25.0 Å². The van der Waals surface area contributed by atoms with E-state index in [0.29, 0.717) is 18.5 Å². The van der Waals surface area contributed by atoms with Crippen LogP contribution in [0.2, 0.25) is 0 Å². The average molecular weight is 260 g/mol. The molecule has 0 aromatic heterocycles. The van der Waals surface area contributed by atoms with Crippen molar-refractivity contribution in [3.63, 3.8) is 0 Å². The van der Waals surface area contributed by atoms with E-state index >= 15 is 0 Å². The van der Waals surface area contributed by atoms with Gasteiger partial charge in [0.1, 0.15) is 0 Å². The van der Waals surface area contributed by atoms with E-state index < -0.39 is 0 Å². The normalized spacial score (nSPS) is 23.0. The fourth-order valence-electron chi connectivity index (χ4n) is 2.63. The Bertz CT molecular complexity index is 391. The number of carbonyl (C=O) groups is 1. The van der Waals surface area contributed by atoms with Gasteiger partial charge in [-0.2, -0.15) is 0 Å². The molecule has 2 unspecified atom stereocenters. The molecule has 1 heterocycles. The number of aryl methyl sites for hydroxylation is 1. The highest BCUT2D eigenvalue weighted by molar-refractivity contribution is 5.76. The molecule has 0 radical (unpaired) electrons. The lowest BCUT2D eigenvalue weighted by Gasteiger charge is -2.28. The third-order valence-corrected chi connectivity index (χ3v) is 3.74. The number of nitrogens with one attached hydrogen (secondary N) is 2. The van der Waals surface area contributed by atoms with Gasteiger partial charge in [0.05, 0.1) is 0 Å². The van der Waals surface area contributed by atoms with Gasteiger partial charge in [-0.3, -0.25) is 4.79 Å². The Morgan fingerprint density at radius 3 is 2.84 bits per heavy atom. The fourth-order valence-corrected chi connectivity index (χ4v) is 2.63. The maximum absolute atomic E-state index is 11.8. The number of amides is 1. The summed E-state index contributed by atoms with van der Waals surface area (Å²) in [6, 6.07) is 11.2. The molecule has 1 aliphatic rings. The van der Waals surface area contributed by atoms with E-state index in [9.17, 15) is 4.79 Å². The summed E-state index contributed by atoms with van der Waals surface area (Å²) < 4.78 is 0. The van der Waals surface area contributed by atoms with Gasteiger partial charge in [-0.15, -0.1) is 0 Å². The van der Waals surface area contributed by atoms with Gasteiger partial charge in [-0.05, 0) is 31.7 Å². The Labute approximate surface area is 115 Å². The van der Waals surface area contributed by atoms with Gasteiger partial charge in [0.2, 0.25) is 5.91 Å². The first-order valence-electron chi connectivity index (χ1n) is 7.30. The summed E-state index contributed by atoms with van der Waals surface area (Å²) in [7, 11) is 0. The maximum atomic E-state index is 11.8. The summed E-state index contributed by atoms with van der Waals surface area (Å²) in [4.78, 5) is 11.8. The molecule has 0 saturated carbocycles. The lowest BCUT2D eigenvalue weighted by atomic mass is 9.99. The Kier molecular flexibility index (Phi) is 5.40. The van der Waals surface area contributed by atoms with Crippen LogP contribution < -0.4 is 10.6 Å². The number of carbonyl (C=O) groups excluding carboxylic acids is 1. The number of piperidine rings is 1. The topological polar surface area (TPSA) is 41.1 Å².